The summed E-state index contributed by atoms with van der Waals surface area (Å²) in [7, 11) is 0. The predicted molar refractivity (Wildman–Crippen MR) is 86.6 cm³/mol. The van der Waals surface area contributed by atoms with Crippen LogP contribution < -0.4 is 0 Å². The molecule has 0 saturated carbocycles. The van der Waals surface area contributed by atoms with Crippen molar-refractivity contribution >= 4 is 11.1 Å². The summed E-state index contributed by atoms with van der Waals surface area (Å²) in [5.41, 5.74) is 5.30. The van der Waals surface area contributed by atoms with E-state index in [9.17, 15) is 5.11 Å². The van der Waals surface area contributed by atoms with Gasteiger partial charge in [-0.15, -0.1) is 0 Å². The Morgan fingerprint density at radius 2 is 1.40 bits per heavy atom. The lowest BCUT2D eigenvalue weighted by Gasteiger charge is -2.15. The lowest BCUT2D eigenvalue weighted by molar-refractivity contribution is 0.475. The molecular formula is C19H22O. The maximum Gasteiger partial charge on any atom is 0.115 e. The van der Waals surface area contributed by atoms with Crippen molar-refractivity contribution in [3.8, 4) is 5.75 Å². The van der Waals surface area contributed by atoms with E-state index in [1.165, 1.54) is 22.3 Å². The third kappa shape index (κ3) is 3.30. The van der Waals surface area contributed by atoms with Crippen LogP contribution >= 0.6 is 0 Å². The van der Waals surface area contributed by atoms with E-state index in [2.05, 4.69) is 44.2 Å². The number of phenols is 1. The molecule has 1 N–H and O–H groups in total. The Morgan fingerprint density at radius 1 is 0.800 bits per heavy atom. The van der Waals surface area contributed by atoms with Crippen molar-refractivity contribution < 1.29 is 5.11 Å². The van der Waals surface area contributed by atoms with E-state index in [-0.39, 0.29) is 0 Å². The summed E-state index contributed by atoms with van der Waals surface area (Å²) < 4.78 is 0. The number of hydrogen-bond acceptors (Lipinski definition) is 1. The van der Waals surface area contributed by atoms with Gasteiger partial charge < -0.3 is 5.11 Å². The second kappa shape index (κ2) is 6.95. The topological polar surface area (TPSA) is 20.2 Å². The molecule has 0 aliphatic rings. The van der Waals surface area contributed by atoms with E-state index in [1.54, 1.807) is 12.1 Å². The van der Waals surface area contributed by atoms with Gasteiger partial charge in [-0.1, -0.05) is 62.7 Å². The number of aromatic hydroxyl groups is 1. The second-order valence-electron chi connectivity index (χ2n) is 4.97. The van der Waals surface area contributed by atoms with Crippen LogP contribution in [0.2, 0.25) is 0 Å². The molecule has 0 amide bonds. The molecule has 0 radical (unpaired) electrons. The van der Waals surface area contributed by atoms with E-state index in [0.29, 0.717) is 5.75 Å². The predicted octanol–water partition coefficient (Wildman–Crippen LogP) is 5.51. The molecule has 20 heavy (non-hydrogen) atoms. The van der Waals surface area contributed by atoms with Crippen molar-refractivity contribution in [2.75, 3.05) is 0 Å². The molecule has 0 spiro atoms. The highest BCUT2D eigenvalue weighted by Gasteiger charge is 2.09. The molecule has 0 unspecified atom stereocenters. The summed E-state index contributed by atoms with van der Waals surface area (Å²) >= 11 is 0. The number of benzene rings is 2. The Morgan fingerprint density at radius 3 is 1.95 bits per heavy atom. The average molecular weight is 266 g/mol. The van der Waals surface area contributed by atoms with Crippen LogP contribution in [0.25, 0.3) is 11.1 Å². The fourth-order valence-electron chi connectivity index (χ4n) is 2.61. The van der Waals surface area contributed by atoms with E-state index in [0.717, 1.165) is 19.3 Å². The maximum absolute atomic E-state index is 9.47. The zero-order valence-corrected chi connectivity index (χ0v) is 12.3. The smallest absolute Gasteiger partial charge is 0.115 e. The quantitative estimate of drug-likeness (QED) is 0.707. The molecule has 0 aromatic heterocycles. The molecule has 2 aromatic rings. The lowest BCUT2D eigenvalue weighted by Crippen LogP contribution is -1.92. The highest BCUT2D eigenvalue weighted by Crippen LogP contribution is 2.32. The first-order valence-corrected chi connectivity index (χ1v) is 7.33. The number of allylic oxidation sites excluding steroid dienone is 2. The first-order chi connectivity index (χ1) is 9.76. The zero-order chi connectivity index (χ0) is 14.4. The van der Waals surface area contributed by atoms with Gasteiger partial charge in [0.25, 0.3) is 0 Å². The summed E-state index contributed by atoms with van der Waals surface area (Å²) in [6.45, 7) is 4.41. The number of phenolic OH excluding ortho intramolecular Hbond substituents is 1. The van der Waals surface area contributed by atoms with E-state index >= 15 is 0 Å². The highest BCUT2D eigenvalue weighted by atomic mass is 16.3. The van der Waals surface area contributed by atoms with E-state index in [1.807, 2.05) is 12.1 Å². The molecule has 0 heterocycles. The van der Waals surface area contributed by atoms with Crippen LogP contribution in [0.1, 0.15) is 44.2 Å². The summed E-state index contributed by atoms with van der Waals surface area (Å²) in [5.74, 6) is 0.322. The monoisotopic (exact) mass is 266 g/mol. The van der Waals surface area contributed by atoms with Gasteiger partial charge >= 0.3 is 0 Å². The maximum atomic E-state index is 9.47. The van der Waals surface area contributed by atoms with E-state index in [4.69, 9.17) is 0 Å². The minimum absolute atomic E-state index is 0.322. The van der Waals surface area contributed by atoms with Gasteiger partial charge in [0.1, 0.15) is 5.75 Å². The minimum Gasteiger partial charge on any atom is -0.508 e. The molecule has 1 heteroatoms. The molecule has 0 bridgehead atoms. The molecule has 2 rings (SSSR count). The van der Waals surface area contributed by atoms with Gasteiger partial charge in [-0.2, -0.15) is 0 Å². The van der Waals surface area contributed by atoms with Crippen LogP contribution in [0.5, 0.6) is 5.75 Å². The van der Waals surface area contributed by atoms with Crippen LogP contribution in [0.4, 0.5) is 0 Å². The van der Waals surface area contributed by atoms with Gasteiger partial charge in [-0.25, -0.2) is 0 Å². The van der Waals surface area contributed by atoms with Crippen molar-refractivity contribution in [2.45, 2.75) is 33.1 Å². The van der Waals surface area contributed by atoms with Crippen LogP contribution in [-0.4, -0.2) is 5.11 Å². The third-order valence-electron chi connectivity index (χ3n) is 3.56. The van der Waals surface area contributed by atoms with Crippen molar-refractivity contribution in [2.24, 2.45) is 0 Å². The van der Waals surface area contributed by atoms with Crippen molar-refractivity contribution in [1.82, 2.24) is 0 Å². The lowest BCUT2D eigenvalue weighted by atomic mass is 9.90. The van der Waals surface area contributed by atoms with Gasteiger partial charge in [0.2, 0.25) is 0 Å². The van der Waals surface area contributed by atoms with E-state index < -0.39 is 0 Å². The van der Waals surface area contributed by atoms with Crippen molar-refractivity contribution in [1.29, 1.82) is 0 Å². The molecular weight excluding hydrogens is 244 g/mol. The largest absolute Gasteiger partial charge is 0.508 e. The Bertz CT molecular complexity index is 564. The fraction of sp³-hybridized carbons (Fsp3) is 0.263. The second-order valence-corrected chi connectivity index (χ2v) is 4.97. The van der Waals surface area contributed by atoms with Crippen molar-refractivity contribution in [3.63, 3.8) is 0 Å². The molecule has 104 valence electrons. The zero-order valence-electron chi connectivity index (χ0n) is 12.3. The number of hydrogen-bond donors (Lipinski definition) is 1. The van der Waals surface area contributed by atoms with Gasteiger partial charge in [-0.3, -0.25) is 0 Å². The van der Waals surface area contributed by atoms with Gasteiger partial charge in [0.05, 0.1) is 0 Å². The minimum atomic E-state index is 0.322. The summed E-state index contributed by atoms with van der Waals surface area (Å²) in [4.78, 5) is 0. The highest BCUT2D eigenvalue weighted by molar-refractivity contribution is 5.90. The van der Waals surface area contributed by atoms with Crippen LogP contribution in [0.15, 0.2) is 54.6 Å². The number of rotatable bonds is 5. The summed E-state index contributed by atoms with van der Waals surface area (Å²) in [5, 5.41) is 9.47. The Labute approximate surface area is 121 Å². The van der Waals surface area contributed by atoms with Crippen LogP contribution in [0.3, 0.4) is 0 Å². The first-order valence-electron chi connectivity index (χ1n) is 7.33. The third-order valence-corrected chi connectivity index (χ3v) is 3.56. The summed E-state index contributed by atoms with van der Waals surface area (Å²) in [6.07, 6.45) is 3.19. The van der Waals surface area contributed by atoms with Crippen LogP contribution in [-0.2, 0) is 0 Å². The molecule has 0 fully saturated rings. The standard InChI is InChI=1S/C19H22O/c1-3-8-19(16-11-13-17(20)14-12-16)18(4-2)15-9-6-5-7-10-15/h5-7,9-14,20H,3-4,8H2,1-2H3/b19-18-. The molecule has 0 saturated heterocycles. The average Bonchev–Trinajstić information content (AvgIpc) is 2.49. The normalized spacial score (nSPS) is 12.1. The molecule has 1 nitrogen and oxygen atoms in total. The Kier molecular flexibility index (Phi) is 5.00. The first kappa shape index (κ1) is 14.4. The molecule has 2 aromatic carbocycles. The molecule has 0 atom stereocenters. The summed E-state index contributed by atoms with van der Waals surface area (Å²) in [6, 6.07) is 18.1. The molecule has 0 aliphatic heterocycles. The van der Waals surface area contributed by atoms with Gasteiger partial charge in [-0.05, 0) is 47.2 Å². The van der Waals surface area contributed by atoms with Crippen molar-refractivity contribution in [3.05, 3.63) is 65.7 Å². The van der Waals surface area contributed by atoms with Gasteiger partial charge in [0.15, 0.2) is 0 Å². The Balaban J connectivity index is 2.53. The SMILES string of the molecule is CCC/C(=C(\CC)c1ccccc1)c1ccc(O)cc1. The Hall–Kier alpha value is -2.02. The van der Waals surface area contributed by atoms with Gasteiger partial charge in [0, 0.05) is 0 Å². The molecule has 0 aliphatic carbocycles. The van der Waals surface area contributed by atoms with Crippen LogP contribution in [0, 0.1) is 0 Å². The fourth-order valence-corrected chi connectivity index (χ4v) is 2.61.